The second-order valence-electron chi connectivity index (χ2n) is 3.48. The number of allylic oxidation sites excluding steroid dienone is 1. The van der Waals surface area contributed by atoms with Gasteiger partial charge in [0.05, 0.1) is 0 Å². The second kappa shape index (κ2) is 11.9. The van der Waals surface area contributed by atoms with Gasteiger partial charge >= 0.3 is 0 Å². The van der Waals surface area contributed by atoms with Gasteiger partial charge in [0, 0.05) is 0 Å². The van der Waals surface area contributed by atoms with E-state index in [9.17, 15) is 4.79 Å². The summed E-state index contributed by atoms with van der Waals surface area (Å²) in [6.07, 6.45) is 4.07. The molecular formula is C19H24O. The van der Waals surface area contributed by atoms with Crippen molar-refractivity contribution in [2.75, 3.05) is 0 Å². The molecule has 0 bridgehead atoms. The van der Waals surface area contributed by atoms with E-state index in [1.807, 2.05) is 58.0 Å². The molecule has 0 heterocycles. The molecular weight excluding hydrogens is 244 g/mol. The fourth-order valence-electron chi connectivity index (χ4n) is 1.57. The van der Waals surface area contributed by atoms with Crippen molar-refractivity contribution < 1.29 is 4.79 Å². The molecule has 0 aliphatic heterocycles. The molecule has 2 aromatic rings. The predicted octanol–water partition coefficient (Wildman–Crippen LogP) is 5.62. The minimum absolute atomic E-state index is 0.783. The normalized spacial score (nSPS) is 9.00. The quantitative estimate of drug-likeness (QED) is 0.521. The maximum atomic E-state index is 10.2. The number of benzene rings is 2. The summed E-state index contributed by atoms with van der Waals surface area (Å²) >= 11 is 0. The van der Waals surface area contributed by atoms with Crippen molar-refractivity contribution in [2.45, 2.75) is 27.7 Å². The van der Waals surface area contributed by atoms with Crippen LogP contribution in [0.4, 0.5) is 0 Å². The number of hydrogen-bond donors (Lipinski definition) is 0. The molecule has 0 fully saturated rings. The third kappa shape index (κ3) is 6.14. The minimum atomic E-state index is 0.783. The molecule has 0 aromatic heterocycles. The van der Waals surface area contributed by atoms with Crippen molar-refractivity contribution in [3.05, 3.63) is 66.2 Å². The highest BCUT2D eigenvalue weighted by molar-refractivity contribution is 5.74. The molecule has 2 rings (SSSR count). The Morgan fingerprint density at radius 1 is 0.700 bits per heavy atom. The molecule has 0 saturated heterocycles. The van der Waals surface area contributed by atoms with E-state index in [-0.39, 0.29) is 0 Å². The van der Waals surface area contributed by atoms with Crippen molar-refractivity contribution in [3.63, 3.8) is 0 Å². The first kappa shape index (κ1) is 17.8. The van der Waals surface area contributed by atoms with E-state index in [2.05, 4.69) is 24.3 Å². The van der Waals surface area contributed by atoms with Crippen LogP contribution in [0.15, 0.2) is 60.7 Å². The third-order valence-corrected chi connectivity index (χ3v) is 2.39. The van der Waals surface area contributed by atoms with E-state index < -0.39 is 0 Å². The first-order valence-corrected chi connectivity index (χ1v) is 7.17. The van der Waals surface area contributed by atoms with Gasteiger partial charge in [0.1, 0.15) is 6.29 Å². The highest BCUT2D eigenvalue weighted by Gasteiger charge is 1.95. The van der Waals surface area contributed by atoms with Crippen LogP contribution in [0.1, 0.15) is 33.3 Å². The topological polar surface area (TPSA) is 17.1 Å². The highest BCUT2D eigenvalue weighted by Crippen LogP contribution is 2.19. The fourth-order valence-corrected chi connectivity index (χ4v) is 1.57. The van der Waals surface area contributed by atoms with E-state index in [1.165, 1.54) is 17.2 Å². The number of aldehydes is 1. The Bertz CT molecular complexity index is 481. The first-order valence-electron chi connectivity index (χ1n) is 7.17. The Kier molecular flexibility index (Phi) is 10.6. The van der Waals surface area contributed by atoms with Crippen LogP contribution in [0.3, 0.4) is 0 Å². The Hall–Kier alpha value is -2.15. The van der Waals surface area contributed by atoms with Crippen LogP contribution in [0, 0.1) is 0 Å². The van der Waals surface area contributed by atoms with Gasteiger partial charge in [-0.3, -0.25) is 4.79 Å². The molecule has 0 saturated carbocycles. The fraction of sp³-hybridized carbons (Fsp3) is 0.211. The molecule has 1 heteroatoms. The summed E-state index contributed by atoms with van der Waals surface area (Å²) in [5.41, 5.74) is 3.42. The average molecular weight is 268 g/mol. The number of rotatable bonds is 3. The maximum Gasteiger partial charge on any atom is 0.142 e. The first-order chi connectivity index (χ1) is 9.90. The lowest BCUT2D eigenvalue weighted by Crippen LogP contribution is -1.77. The van der Waals surface area contributed by atoms with Crippen molar-refractivity contribution >= 4 is 12.4 Å². The molecule has 0 aliphatic rings. The van der Waals surface area contributed by atoms with Gasteiger partial charge < -0.3 is 0 Å². The van der Waals surface area contributed by atoms with Gasteiger partial charge in [-0.15, -0.1) is 0 Å². The molecule has 0 amide bonds. The second-order valence-corrected chi connectivity index (χ2v) is 3.48. The van der Waals surface area contributed by atoms with E-state index in [0.29, 0.717) is 0 Å². The van der Waals surface area contributed by atoms with Gasteiger partial charge in [0.15, 0.2) is 0 Å². The lowest BCUT2D eigenvalue weighted by Gasteiger charge is -2.01. The lowest BCUT2D eigenvalue weighted by atomic mass is 10.0. The van der Waals surface area contributed by atoms with Crippen molar-refractivity contribution in [2.24, 2.45) is 0 Å². The van der Waals surface area contributed by atoms with Crippen molar-refractivity contribution in [1.82, 2.24) is 0 Å². The molecule has 0 spiro atoms. The average Bonchev–Trinajstić information content (AvgIpc) is 2.58. The summed E-state index contributed by atoms with van der Waals surface area (Å²) < 4.78 is 0. The van der Waals surface area contributed by atoms with Gasteiger partial charge in [-0.2, -0.15) is 0 Å². The predicted molar refractivity (Wildman–Crippen MR) is 89.7 cm³/mol. The van der Waals surface area contributed by atoms with Crippen LogP contribution in [0.25, 0.3) is 17.2 Å². The Morgan fingerprint density at radius 2 is 1.20 bits per heavy atom. The van der Waals surface area contributed by atoms with Crippen LogP contribution < -0.4 is 0 Å². The maximum absolute atomic E-state index is 10.2. The molecule has 0 atom stereocenters. The molecule has 2 aromatic carbocycles. The summed E-state index contributed by atoms with van der Waals surface area (Å²) in [5, 5.41) is 0. The van der Waals surface area contributed by atoms with Gasteiger partial charge in [-0.05, 0) is 22.8 Å². The standard InChI is InChI=1S/C15H12O.2C2H6/c16-12-4-5-13-8-10-15(11-9-13)14-6-2-1-3-7-14;2*1-2/h1-12H;2*1-2H3/b5-4+;;. The van der Waals surface area contributed by atoms with Crippen molar-refractivity contribution in [3.8, 4) is 11.1 Å². The Balaban J connectivity index is 0.000000829. The zero-order valence-corrected chi connectivity index (χ0v) is 12.8. The van der Waals surface area contributed by atoms with Gasteiger partial charge in [0.2, 0.25) is 0 Å². The van der Waals surface area contributed by atoms with Gasteiger partial charge in [-0.25, -0.2) is 0 Å². The zero-order chi connectivity index (χ0) is 15.2. The molecule has 0 unspecified atom stereocenters. The molecule has 0 aliphatic carbocycles. The van der Waals surface area contributed by atoms with Crippen LogP contribution in [0.5, 0.6) is 0 Å². The van der Waals surface area contributed by atoms with Gasteiger partial charge in [0.25, 0.3) is 0 Å². The van der Waals surface area contributed by atoms with Gasteiger partial charge in [-0.1, -0.05) is 88.4 Å². The Morgan fingerprint density at radius 3 is 1.70 bits per heavy atom. The SMILES string of the molecule is CC.CC.O=C/C=C/c1ccc(-c2ccccc2)cc1. The smallest absolute Gasteiger partial charge is 0.142 e. The Labute approximate surface area is 123 Å². The summed E-state index contributed by atoms with van der Waals surface area (Å²) in [6, 6.07) is 18.3. The highest BCUT2D eigenvalue weighted by atomic mass is 16.1. The number of carbonyl (C=O) groups is 1. The molecule has 1 nitrogen and oxygen atoms in total. The van der Waals surface area contributed by atoms with E-state index in [4.69, 9.17) is 0 Å². The van der Waals surface area contributed by atoms with E-state index in [1.54, 1.807) is 6.08 Å². The molecule has 0 radical (unpaired) electrons. The van der Waals surface area contributed by atoms with E-state index in [0.717, 1.165) is 11.8 Å². The van der Waals surface area contributed by atoms with Crippen LogP contribution in [-0.2, 0) is 4.79 Å². The summed E-state index contributed by atoms with van der Waals surface area (Å²) in [5.74, 6) is 0. The van der Waals surface area contributed by atoms with Crippen LogP contribution in [0.2, 0.25) is 0 Å². The lowest BCUT2D eigenvalue weighted by molar-refractivity contribution is -0.104. The monoisotopic (exact) mass is 268 g/mol. The third-order valence-electron chi connectivity index (χ3n) is 2.39. The van der Waals surface area contributed by atoms with Crippen LogP contribution in [-0.4, -0.2) is 6.29 Å². The minimum Gasteiger partial charge on any atom is -0.299 e. The summed E-state index contributed by atoms with van der Waals surface area (Å²) in [7, 11) is 0. The molecule has 0 N–H and O–H groups in total. The molecule has 106 valence electrons. The van der Waals surface area contributed by atoms with Crippen LogP contribution >= 0.6 is 0 Å². The number of hydrogen-bond acceptors (Lipinski definition) is 1. The zero-order valence-electron chi connectivity index (χ0n) is 12.8. The molecule has 20 heavy (non-hydrogen) atoms. The van der Waals surface area contributed by atoms with E-state index >= 15 is 0 Å². The van der Waals surface area contributed by atoms with Crippen molar-refractivity contribution in [1.29, 1.82) is 0 Å². The largest absolute Gasteiger partial charge is 0.299 e. The number of carbonyl (C=O) groups excluding carboxylic acids is 1. The summed E-state index contributed by atoms with van der Waals surface area (Å²) in [6.45, 7) is 8.00. The summed E-state index contributed by atoms with van der Waals surface area (Å²) in [4.78, 5) is 10.2.